The number of aromatic nitrogens is 2. The molecular weight excluding hydrogens is 214 g/mol. The summed E-state index contributed by atoms with van der Waals surface area (Å²) in [7, 11) is 0. The number of hydrogen-bond donors (Lipinski definition) is 1. The van der Waals surface area contributed by atoms with Gasteiger partial charge < -0.3 is 4.42 Å². The van der Waals surface area contributed by atoms with Gasteiger partial charge in [-0.15, -0.1) is 10.2 Å². The molecule has 2 aromatic rings. The molecule has 0 spiro atoms. The second kappa shape index (κ2) is 4.22. The molecule has 78 valence electrons. The highest BCUT2D eigenvalue weighted by Gasteiger charge is 2.11. The van der Waals surface area contributed by atoms with Crippen molar-refractivity contribution in [1.82, 2.24) is 10.2 Å². The van der Waals surface area contributed by atoms with Crippen molar-refractivity contribution in [2.24, 2.45) is 0 Å². The molecule has 0 fully saturated rings. The summed E-state index contributed by atoms with van der Waals surface area (Å²) < 4.78 is 4.95. The van der Waals surface area contributed by atoms with Crippen LogP contribution < -0.4 is 5.32 Å². The quantitative estimate of drug-likeness (QED) is 0.863. The monoisotopic (exact) mass is 223 g/mol. The zero-order valence-corrected chi connectivity index (χ0v) is 8.87. The first-order chi connectivity index (χ1) is 7.29. The molecule has 15 heavy (non-hydrogen) atoms. The van der Waals surface area contributed by atoms with Gasteiger partial charge in [0, 0.05) is 0 Å². The average molecular weight is 223 g/mol. The molecular formula is C9H9N3O2S. The van der Waals surface area contributed by atoms with Crippen LogP contribution >= 0.6 is 11.3 Å². The SMILES string of the molecule is CCc1nnc(NC(=O)c2ccco2)s1. The maximum Gasteiger partial charge on any atom is 0.293 e. The topological polar surface area (TPSA) is 68.0 Å². The van der Waals surface area contributed by atoms with Gasteiger partial charge >= 0.3 is 0 Å². The summed E-state index contributed by atoms with van der Waals surface area (Å²) >= 11 is 1.36. The van der Waals surface area contributed by atoms with E-state index in [-0.39, 0.29) is 11.7 Å². The molecule has 0 unspecified atom stereocenters. The first-order valence-electron chi connectivity index (χ1n) is 4.47. The molecule has 1 N–H and O–H groups in total. The second-order valence-corrected chi connectivity index (χ2v) is 3.85. The van der Waals surface area contributed by atoms with Gasteiger partial charge in [-0.25, -0.2) is 0 Å². The predicted molar refractivity (Wildman–Crippen MR) is 55.9 cm³/mol. The molecule has 0 bridgehead atoms. The van der Waals surface area contributed by atoms with Crippen molar-refractivity contribution in [3.05, 3.63) is 29.2 Å². The lowest BCUT2D eigenvalue weighted by molar-refractivity contribution is 0.0996. The van der Waals surface area contributed by atoms with Crippen molar-refractivity contribution >= 4 is 22.4 Å². The van der Waals surface area contributed by atoms with Crippen LogP contribution in [0.5, 0.6) is 0 Å². The zero-order valence-electron chi connectivity index (χ0n) is 8.06. The summed E-state index contributed by atoms with van der Waals surface area (Å²) in [6.45, 7) is 1.98. The van der Waals surface area contributed by atoms with E-state index in [1.54, 1.807) is 12.1 Å². The number of hydrogen-bond acceptors (Lipinski definition) is 5. The van der Waals surface area contributed by atoms with E-state index in [0.717, 1.165) is 11.4 Å². The third kappa shape index (κ3) is 2.21. The Morgan fingerprint density at radius 3 is 3.07 bits per heavy atom. The lowest BCUT2D eigenvalue weighted by Gasteiger charge is -1.95. The number of rotatable bonds is 3. The van der Waals surface area contributed by atoms with Crippen LogP contribution in [-0.4, -0.2) is 16.1 Å². The van der Waals surface area contributed by atoms with Gasteiger partial charge in [-0.1, -0.05) is 18.3 Å². The van der Waals surface area contributed by atoms with Gasteiger partial charge in [0.1, 0.15) is 5.01 Å². The summed E-state index contributed by atoms with van der Waals surface area (Å²) in [5.74, 6) is -0.0398. The Kier molecular flexibility index (Phi) is 2.77. The summed E-state index contributed by atoms with van der Waals surface area (Å²) in [4.78, 5) is 11.5. The average Bonchev–Trinajstić information content (AvgIpc) is 2.87. The van der Waals surface area contributed by atoms with Crippen LogP contribution in [0.25, 0.3) is 0 Å². The van der Waals surface area contributed by atoms with Gasteiger partial charge in [0.05, 0.1) is 6.26 Å². The predicted octanol–water partition coefficient (Wildman–Crippen LogP) is 1.95. The minimum atomic E-state index is -0.307. The number of furan rings is 1. The van der Waals surface area contributed by atoms with E-state index in [1.165, 1.54) is 17.6 Å². The number of amides is 1. The van der Waals surface area contributed by atoms with Gasteiger partial charge in [0.2, 0.25) is 5.13 Å². The standard InChI is InChI=1S/C9H9N3O2S/c1-2-7-11-12-9(15-7)10-8(13)6-4-3-5-14-6/h3-5H,2H2,1H3,(H,10,12,13). The van der Waals surface area contributed by atoms with E-state index in [0.29, 0.717) is 5.13 Å². The van der Waals surface area contributed by atoms with Crippen LogP contribution in [-0.2, 0) is 6.42 Å². The molecule has 0 saturated carbocycles. The fourth-order valence-corrected chi connectivity index (χ4v) is 1.69. The molecule has 5 nitrogen and oxygen atoms in total. The van der Waals surface area contributed by atoms with E-state index in [2.05, 4.69) is 15.5 Å². The summed E-state index contributed by atoms with van der Waals surface area (Å²) in [6.07, 6.45) is 2.26. The third-order valence-electron chi connectivity index (χ3n) is 1.73. The van der Waals surface area contributed by atoms with Crippen molar-refractivity contribution in [3.8, 4) is 0 Å². The molecule has 1 amide bonds. The number of nitrogens with one attached hydrogen (secondary N) is 1. The Bertz CT molecular complexity index is 450. The van der Waals surface area contributed by atoms with Crippen LogP contribution in [0.3, 0.4) is 0 Å². The van der Waals surface area contributed by atoms with Gasteiger partial charge in [-0.2, -0.15) is 0 Å². The lowest BCUT2D eigenvalue weighted by atomic mass is 10.4. The van der Waals surface area contributed by atoms with Crippen LogP contribution in [0.15, 0.2) is 22.8 Å². The van der Waals surface area contributed by atoms with Crippen molar-refractivity contribution in [2.45, 2.75) is 13.3 Å². The van der Waals surface area contributed by atoms with E-state index in [9.17, 15) is 4.79 Å². The Hall–Kier alpha value is -1.69. The maximum atomic E-state index is 11.5. The fourth-order valence-electron chi connectivity index (χ4n) is 1.01. The normalized spacial score (nSPS) is 10.2. The van der Waals surface area contributed by atoms with Crippen LogP contribution in [0.2, 0.25) is 0 Å². The first-order valence-corrected chi connectivity index (χ1v) is 5.28. The summed E-state index contributed by atoms with van der Waals surface area (Å²) in [5, 5.41) is 11.7. The highest BCUT2D eigenvalue weighted by molar-refractivity contribution is 7.15. The summed E-state index contributed by atoms with van der Waals surface area (Å²) in [5.41, 5.74) is 0. The Balaban J connectivity index is 2.06. The second-order valence-electron chi connectivity index (χ2n) is 2.79. The molecule has 0 atom stereocenters. The van der Waals surface area contributed by atoms with Crippen molar-refractivity contribution in [1.29, 1.82) is 0 Å². The molecule has 0 aliphatic heterocycles. The minimum absolute atomic E-state index is 0.267. The molecule has 0 aromatic carbocycles. The molecule has 0 radical (unpaired) electrons. The van der Waals surface area contributed by atoms with Gasteiger partial charge in [-0.3, -0.25) is 10.1 Å². The molecule has 0 aliphatic rings. The van der Waals surface area contributed by atoms with Crippen LogP contribution in [0, 0.1) is 0 Å². The largest absolute Gasteiger partial charge is 0.459 e. The molecule has 2 heterocycles. The van der Waals surface area contributed by atoms with Gasteiger partial charge in [-0.05, 0) is 18.6 Å². The molecule has 2 rings (SSSR count). The van der Waals surface area contributed by atoms with E-state index in [1.807, 2.05) is 6.92 Å². The molecule has 2 aromatic heterocycles. The van der Waals surface area contributed by atoms with Crippen LogP contribution in [0.4, 0.5) is 5.13 Å². The Morgan fingerprint density at radius 1 is 1.60 bits per heavy atom. The van der Waals surface area contributed by atoms with E-state index < -0.39 is 0 Å². The highest BCUT2D eigenvalue weighted by Crippen LogP contribution is 2.16. The van der Waals surface area contributed by atoms with E-state index in [4.69, 9.17) is 4.42 Å². The van der Waals surface area contributed by atoms with E-state index >= 15 is 0 Å². The van der Waals surface area contributed by atoms with Crippen LogP contribution in [0.1, 0.15) is 22.5 Å². The van der Waals surface area contributed by atoms with Gasteiger partial charge in [0.25, 0.3) is 5.91 Å². The van der Waals surface area contributed by atoms with Crippen molar-refractivity contribution < 1.29 is 9.21 Å². The number of nitrogens with zero attached hydrogens (tertiary/aromatic N) is 2. The number of carbonyl (C=O) groups excluding carboxylic acids is 1. The molecule has 0 aliphatic carbocycles. The Labute approximate surface area is 90.1 Å². The molecule has 6 heteroatoms. The number of anilines is 1. The molecule has 0 saturated heterocycles. The van der Waals surface area contributed by atoms with Gasteiger partial charge in [0.15, 0.2) is 5.76 Å². The highest BCUT2D eigenvalue weighted by atomic mass is 32.1. The fraction of sp³-hybridized carbons (Fsp3) is 0.222. The zero-order chi connectivity index (χ0) is 10.7. The first kappa shape index (κ1) is 9.85. The summed E-state index contributed by atoms with van der Waals surface area (Å²) in [6, 6.07) is 3.25. The lowest BCUT2D eigenvalue weighted by Crippen LogP contribution is -2.10. The minimum Gasteiger partial charge on any atom is -0.459 e. The smallest absolute Gasteiger partial charge is 0.293 e. The Morgan fingerprint density at radius 2 is 2.47 bits per heavy atom. The van der Waals surface area contributed by atoms with Crippen molar-refractivity contribution in [2.75, 3.05) is 5.32 Å². The number of aryl methyl sites for hydroxylation is 1. The maximum absolute atomic E-state index is 11.5. The third-order valence-corrected chi connectivity index (χ3v) is 2.72. The van der Waals surface area contributed by atoms with Crippen molar-refractivity contribution in [3.63, 3.8) is 0 Å². The number of carbonyl (C=O) groups is 1.